The summed E-state index contributed by atoms with van der Waals surface area (Å²) in [5.74, 6) is 0. The zero-order valence-corrected chi connectivity index (χ0v) is 13.0. The first-order chi connectivity index (χ1) is 10.0. The van der Waals surface area contributed by atoms with Gasteiger partial charge in [0.2, 0.25) is 0 Å². The molecule has 9 heteroatoms. The zero-order valence-electron chi connectivity index (χ0n) is 11.5. The molecule has 21 heavy (non-hydrogen) atoms. The number of hydrogen-bond acceptors (Lipinski definition) is 4. The Hall–Kier alpha value is -1.86. The van der Waals surface area contributed by atoms with E-state index in [1.54, 1.807) is 18.2 Å². The molecule has 0 saturated carbocycles. The number of hydrogen-bond donors (Lipinski definition) is 0. The van der Waals surface area contributed by atoms with Gasteiger partial charge in [0.05, 0.1) is 10.0 Å². The molecule has 1 heterocycles. The predicted octanol–water partition coefficient (Wildman–Crippen LogP) is 2.05. The third-order valence-corrected chi connectivity index (χ3v) is 3.56. The minimum absolute atomic E-state index is 0.199. The number of carbonyl (C=O) groups is 1. The van der Waals surface area contributed by atoms with Gasteiger partial charge in [0.25, 0.3) is 0 Å². The molecular weight excluding hydrogens is 317 g/mol. The van der Waals surface area contributed by atoms with E-state index in [1.165, 1.54) is 4.90 Å². The molecule has 0 atom stereocenters. The smallest absolute Gasteiger partial charge is 0.323 e. The van der Waals surface area contributed by atoms with Gasteiger partial charge >= 0.3 is 11.7 Å². The molecule has 0 saturated heterocycles. The van der Waals surface area contributed by atoms with E-state index < -0.39 is 11.7 Å². The van der Waals surface area contributed by atoms with Crippen LogP contribution in [0.4, 0.5) is 4.79 Å². The maximum absolute atomic E-state index is 12.3. The van der Waals surface area contributed by atoms with E-state index in [0.29, 0.717) is 17.8 Å². The molecule has 1 amide bonds. The van der Waals surface area contributed by atoms with Crippen molar-refractivity contribution in [3.8, 4) is 5.69 Å². The van der Waals surface area contributed by atoms with Crippen LogP contribution in [0.1, 0.15) is 13.8 Å². The minimum Gasteiger partial charge on any atom is -0.323 e. The Bertz CT molecular complexity index is 700. The third kappa shape index (κ3) is 2.79. The zero-order chi connectivity index (χ0) is 15.6. The third-order valence-electron chi connectivity index (χ3n) is 2.95. The molecule has 0 bridgehead atoms. The molecule has 0 unspecified atom stereocenters. The SMILES string of the molecule is CCN(CC)C(=O)n1nnn(-c2c(Cl)cccc2Cl)c1=O. The highest BCUT2D eigenvalue weighted by Gasteiger charge is 2.21. The summed E-state index contributed by atoms with van der Waals surface area (Å²) in [6.45, 7) is 4.53. The molecular formula is C12H13Cl2N5O2. The molecule has 0 N–H and O–H groups in total. The van der Waals surface area contributed by atoms with Crippen molar-refractivity contribution in [2.45, 2.75) is 13.8 Å². The highest BCUT2D eigenvalue weighted by molar-refractivity contribution is 6.37. The molecule has 0 radical (unpaired) electrons. The summed E-state index contributed by atoms with van der Waals surface area (Å²) < 4.78 is 1.60. The fourth-order valence-electron chi connectivity index (χ4n) is 1.83. The van der Waals surface area contributed by atoms with Gasteiger partial charge in [0, 0.05) is 13.1 Å². The summed E-state index contributed by atoms with van der Waals surface area (Å²) in [6, 6.07) is 4.24. The Kier molecular flexibility index (Phi) is 4.64. The molecule has 1 aromatic heterocycles. The van der Waals surface area contributed by atoms with Gasteiger partial charge in [-0.3, -0.25) is 0 Å². The van der Waals surface area contributed by atoms with Crippen molar-refractivity contribution in [1.29, 1.82) is 0 Å². The Morgan fingerprint density at radius 2 is 1.76 bits per heavy atom. The molecule has 0 aliphatic rings. The van der Waals surface area contributed by atoms with Crippen LogP contribution in [-0.4, -0.2) is 43.8 Å². The van der Waals surface area contributed by atoms with Crippen LogP contribution >= 0.6 is 23.2 Å². The highest BCUT2D eigenvalue weighted by Crippen LogP contribution is 2.26. The summed E-state index contributed by atoms with van der Waals surface area (Å²) in [5, 5.41) is 7.77. The minimum atomic E-state index is -0.720. The van der Waals surface area contributed by atoms with Crippen LogP contribution in [-0.2, 0) is 0 Å². The van der Waals surface area contributed by atoms with Gasteiger partial charge in [0.15, 0.2) is 0 Å². The lowest BCUT2D eigenvalue weighted by Gasteiger charge is -2.16. The van der Waals surface area contributed by atoms with Gasteiger partial charge in [-0.25, -0.2) is 9.59 Å². The standard InChI is InChI=1S/C12H13Cl2N5O2/c1-3-17(4-2)11(20)19-12(21)18(15-16-19)10-8(13)6-5-7-9(10)14/h5-7H,3-4H2,1-2H3. The number of amides is 1. The van der Waals surface area contributed by atoms with Crippen LogP contribution in [0.2, 0.25) is 10.0 Å². The van der Waals surface area contributed by atoms with Crippen LogP contribution in [0.15, 0.2) is 23.0 Å². The molecule has 1 aromatic carbocycles. The predicted molar refractivity (Wildman–Crippen MR) is 79.4 cm³/mol. The number of carbonyl (C=O) groups excluding carboxylic acids is 1. The van der Waals surface area contributed by atoms with Gasteiger partial charge in [-0.1, -0.05) is 29.3 Å². The summed E-state index contributed by atoms with van der Waals surface area (Å²) in [5.41, 5.74) is -0.522. The van der Waals surface area contributed by atoms with Crippen molar-refractivity contribution in [2.24, 2.45) is 0 Å². The highest BCUT2D eigenvalue weighted by atomic mass is 35.5. The topological polar surface area (TPSA) is 73.0 Å². The van der Waals surface area contributed by atoms with Gasteiger partial charge in [-0.2, -0.15) is 4.68 Å². The van der Waals surface area contributed by atoms with Crippen LogP contribution in [0.5, 0.6) is 0 Å². The molecule has 2 rings (SSSR count). The Morgan fingerprint density at radius 3 is 2.29 bits per heavy atom. The van der Waals surface area contributed by atoms with E-state index in [9.17, 15) is 9.59 Å². The van der Waals surface area contributed by atoms with Gasteiger partial charge < -0.3 is 4.90 Å². The first kappa shape index (κ1) is 15.5. The van der Waals surface area contributed by atoms with E-state index in [0.717, 1.165) is 4.68 Å². The fourth-order valence-corrected chi connectivity index (χ4v) is 2.38. The Labute approximate surface area is 130 Å². The normalized spacial score (nSPS) is 10.7. The largest absolute Gasteiger partial charge is 0.377 e. The van der Waals surface area contributed by atoms with Crippen molar-refractivity contribution in [2.75, 3.05) is 13.1 Å². The maximum atomic E-state index is 12.3. The molecule has 112 valence electrons. The molecule has 0 spiro atoms. The fraction of sp³-hybridized carbons (Fsp3) is 0.333. The van der Waals surface area contributed by atoms with Gasteiger partial charge in [-0.15, -0.1) is 4.68 Å². The van der Waals surface area contributed by atoms with Crippen molar-refractivity contribution in [3.05, 3.63) is 38.7 Å². The quantitative estimate of drug-likeness (QED) is 0.808. The second-order valence-corrected chi connectivity index (χ2v) is 4.92. The Morgan fingerprint density at radius 1 is 1.19 bits per heavy atom. The summed E-state index contributed by atoms with van der Waals surface area (Å²) >= 11 is 12.1. The number of benzene rings is 1. The number of rotatable bonds is 3. The monoisotopic (exact) mass is 329 g/mol. The van der Waals surface area contributed by atoms with Crippen molar-refractivity contribution < 1.29 is 4.79 Å². The second-order valence-electron chi connectivity index (χ2n) is 4.11. The first-order valence-corrected chi connectivity index (χ1v) is 7.05. The second kappa shape index (κ2) is 6.28. The summed E-state index contributed by atoms with van der Waals surface area (Å²) in [6.07, 6.45) is 0. The van der Waals surface area contributed by atoms with Crippen LogP contribution in [0, 0.1) is 0 Å². The van der Waals surface area contributed by atoms with Crippen molar-refractivity contribution in [3.63, 3.8) is 0 Å². The van der Waals surface area contributed by atoms with Gasteiger partial charge in [-0.05, 0) is 36.4 Å². The van der Waals surface area contributed by atoms with Crippen LogP contribution in [0.3, 0.4) is 0 Å². The number of para-hydroxylation sites is 1. The van der Waals surface area contributed by atoms with E-state index in [-0.39, 0.29) is 15.7 Å². The average Bonchev–Trinajstić information content (AvgIpc) is 2.82. The number of tetrazole rings is 1. The number of nitrogens with zero attached hydrogens (tertiary/aromatic N) is 5. The number of halogens is 2. The molecule has 0 fully saturated rings. The van der Waals surface area contributed by atoms with Crippen molar-refractivity contribution in [1.82, 2.24) is 24.7 Å². The van der Waals surface area contributed by atoms with Crippen molar-refractivity contribution >= 4 is 29.2 Å². The lowest BCUT2D eigenvalue weighted by Crippen LogP contribution is -2.40. The Balaban J connectivity index is 2.52. The lowest BCUT2D eigenvalue weighted by molar-refractivity contribution is 0.200. The molecule has 0 aliphatic heterocycles. The van der Waals surface area contributed by atoms with E-state index >= 15 is 0 Å². The van der Waals surface area contributed by atoms with Crippen LogP contribution in [0.25, 0.3) is 5.69 Å². The lowest BCUT2D eigenvalue weighted by atomic mass is 10.3. The van der Waals surface area contributed by atoms with Crippen LogP contribution < -0.4 is 5.69 Å². The maximum Gasteiger partial charge on any atom is 0.377 e. The molecule has 7 nitrogen and oxygen atoms in total. The average molecular weight is 330 g/mol. The van der Waals surface area contributed by atoms with E-state index in [4.69, 9.17) is 23.2 Å². The number of aromatic nitrogens is 4. The van der Waals surface area contributed by atoms with E-state index in [2.05, 4.69) is 10.4 Å². The molecule has 2 aromatic rings. The molecule has 0 aliphatic carbocycles. The van der Waals surface area contributed by atoms with Gasteiger partial charge in [0.1, 0.15) is 5.69 Å². The first-order valence-electron chi connectivity index (χ1n) is 6.29. The summed E-state index contributed by atoms with van der Waals surface area (Å²) in [4.78, 5) is 25.9. The van der Waals surface area contributed by atoms with E-state index in [1.807, 2.05) is 13.8 Å². The summed E-state index contributed by atoms with van der Waals surface area (Å²) in [7, 11) is 0.